The molecule has 1 aromatic carbocycles. The summed E-state index contributed by atoms with van der Waals surface area (Å²) < 4.78 is 0. The molecule has 2 fully saturated rings. The van der Waals surface area contributed by atoms with E-state index < -0.39 is 0 Å². The molecule has 2 aliphatic rings. The highest BCUT2D eigenvalue weighted by Gasteiger charge is 2.31. The molecule has 0 bridgehead atoms. The molecule has 1 aliphatic heterocycles. The van der Waals surface area contributed by atoms with E-state index in [9.17, 15) is 9.59 Å². The van der Waals surface area contributed by atoms with E-state index in [0.29, 0.717) is 19.0 Å². The molecule has 2 aromatic heterocycles. The lowest BCUT2D eigenvalue weighted by molar-refractivity contribution is -0.134. The number of piperidine rings is 1. The Morgan fingerprint density at radius 2 is 1.79 bits per heavy atom. The summed E-state index contributed by atoms with van der Waals surface area (Å²) in [4.78, 5) is 39.4. The number of hydrogen-bond donors (Lipinski definition) is 1. The smallest absolute Gasteiger partial charge is 0.261 e. The maximum absolute atomic E-state index is 13.2. The van der Waals surface area contributed by atoms with Gasteiger partial charge in [0.1, 0.15) is 10.7 Å². The molecular weight excluding hydrogens is 444 g/mol. The van der Waals surface area contributed by atoms with Gasteiger partial charge in [-0.3, -0.25) is 9.59 Å². The normalized spacial score (nSPS) is 17.7. The third-order valence-corrected chi connectivity index (χ3v) is 8.37. The number of nitrogens with one attached hydrogen (secondary N) is 1. The number of likely N-dealkylation sites (tertiary alicyclic amines) is 1. The average molecular weight is 477 g/mol. The van der Waals surface area contributed by atoms with Crippen molar-refractivity contribution in [3.8, 4) is 0 Å². The lowest BCUT2D eigenvalue weighted by Crippen LogP contribution is -2.47. The molecule has 178 valence electrons. The Kier molecular flexibility index (Phi) is 6.38. The molecule has 1 saturated heterocycles. The van der Waals surface area contributed by atoms with E-state index in [2.05, 4.69) is 12.2 Å². The van der Waals surface area contributed by atoms with Crippen LogP contribution in [-0.2, 0) is 4.79 Å². The molecule has 34 heavy (non-hydrogen) atoms. The minimum atomic E-state index is -0.0987. The van der Waals surface area contributed by atoms with E-state index in [-0.39, 0.29) is 23.8 Å². The number of fused-ring (bicyclic) bond motifs is 1. The van der Waals surface area contributed by atoms with Gasteiger partial charge < -0.3 is 10.2 Å². The Labute approximate surface area is 204 Å². The highest BCUT2D eigenvalue weighted by atomic mass is 32.1. The molecule has 7 heteroatoms. The molecule has 3 aromatic rings. The maximum Gasteiger partial charge on any atom is 0.261 e. The fourth-order valence-electron chi connectivity index (χ4n) is 5.05. The quantitative estimate of drug-likeness (QED) is 0.537. The van der Waals surface area contributed by atoms with Gasteiger partial charge in [0.2, 0.25) is 5.91 Å². The molecule has 2 amide bonds. The van der Waals surface area contributed by atoms with E-state index in [1.165, 1.54) is 11.3 Å². The molecule has 0 radical (unpaired) electrons. The highest BCUT2D eigenvalue weighted by molar-refractivity contribution is 7.20. The molecule has 1 atom stereocenters. The zero-order chi connectivity index (χ0) is 23.8. The Morgan fingerprint density at radius 1 is 1.09 bits per heavy atom. The largest absolute Gasteiger partial charge is 0.348 e. The predicted octanol–water partition coefficient (Wildman–Crippen LogP) is 5.10. The van der Waals surface area contributed by atoms with Gasteiger partial charge in [0.05, 0.1) is 16.5 Å². The van der Waals surface area contributed by atoms with Crippen LogP contribution in [0.2, 0.25) is 0 Å². The summed E-state index contributed by atoms with van der Waals surface area (Å²) in [5.74, 6) is 1.48. The van der Waals surface area contributed by atoms with Gasteiger partial charge in [-0.2, -0.15) is 0 Å². The van der Waals surface area contributed by atoms with Crippen LogP contribution in [0.1, 0.15) is 83.2 Å². The van der Waals surface area contributed by atoms with Gasteiger partial charge in [0, 0.05) is 30.4 Å². The summed E-state index contributed by atoms with van der Waals surface area (Å²) in [6, 6.07) is 10.1. The zero-order valence-corrected chi connectivity index (χ0v) is 21.0. The van der Waals surface area contributed by atoms with Crippen LogP contribution in [0.25, 0.3) is 10.2 Å². The highest BCUT2D eigenvalue weighted by Crippen LogP contribution is 2.40. The van der Waals surface area contributed by atoms with Gasteiger partial charge in [0.15, 0.2) is 0 Å². The van der Waals surface area contributed by atoms with Gasteiger partial charge in [0.25, 0.3) is 5.91 Å². The monoisotopic (exact) mass is 476 g/mol. The molecule has 1 saturated carbocycles. The van der Waals surface area contributed by atoms with Crippen LogP contribution in [0, 0.1) is 13.8 Å². The lowest BCUT2D eigenvalue weighted by atomic mass is 9.93. The molecule has 0 spiro atoms. The van der Waals surface area contributed by atoms with Crippen molar-refractivity contribution in [2.24, 2.45) is 0 Å². The first-order valence-corrected chi connectivity index (χ1v) is 13.2. The van der Waals surface area contributed by atoms with Gasteiger partial charge >= 0.3 is 0 Å². The summed E-state index contributed by atoms with van der Waals surface area (Å²) >= 11 is 1.48. The van der Waals surface area contributed by atoms with Crippen LogP contribution < -0.4 is 5.32 Å². The second kappa shape index (κ2) is 9.45. The van der Waals surface area contributed by atoms with Crippen molar-refractivity contribution in [1.29, 1.82) is 0 Å². The van der Waals surface area contributed by atoms with E-state index in [0.717, 1.165) is 69.8 Å². The first kappa shape index (κ1) is 23.0. The summed E-state index contributed by atoms with van der Waals surface area (Å²) in [5.41, 5.74) is 3.02. The van der Waals surface area contributed by atoms with E-state index >= 15 is 0 Å². The van der Waals surface area contributed by atoms with Crippen LogP contribution in [0.15, 0.2) is 30.3 Å². The Hall–Kier alpha value is -2.80. The van der Waals surface area contributed by atoms with Crippen molar-refractivity contribution in [1.82, 2.24) is 20.2 Å². The third-order valence-electron chi connectivity index (χ3n) is 7.19. The van der Waals surface area contributed by atoms with E-state index in [1.807, 2.05) is 49.1 Å². The number of aromatic nitrogens is 2. The average Bonchev–Trinajstić information content (AvgIpc) is 3.64. The Morgan fingerprint density at radius 3 is 2.44 bits per heavy atom. The topological polar surface area (TPSA) is 75.2 Å². The van der Waals surface area contributed by atoms with Gasteiger partial charge in [-0.15, -0.1) is 11.3 Å². The second-order valence-electron chi connectivity index (χ2n) is 9.62. The molecular formula is C27H32N4O2S. The molecule has 1 aliphatic carbocycles. The second-order valence-corrected chi connectivity index (χ2v) is 10.6. The summed E-state index contributed by atoms with van der Waals surface area (Å²) in [6.07, 6.45) is 4.66. The van der Waals surface area contributed by atoms with Crippen molar-refractivity contribution < 1.29 is 9.59 Å². The SMILES string of the molecule is CCC(C(=O)N1CCC(NC(=O)c2sc3nc(C4CC4)nc(C)c3c2C)CC1)c1ccccc1. The summed E-state index contributed by atoms with van der Waals surface area (Å²) in [7, 11) is 0. The first-order chi connectivity index (χ1) is 16.5. The molecule has 3 heterocycles. The van der Waals surface area contributed by atoms with Crippen LogP contribution in [0.3, 0.4) is 0 Å². The minimum absolute atomic E-state index is 0.0339. The summed E-state index contributed by atoms with van der Waals surface area (Å²) in [6.45, 7) is 7.43. The molecule has 5 rings (SSSR count). The number of carbonyl (C=O) groups is 2. The molecule has 1 N–H and O–H groups in total. The molecule has 6 nitrogen and oxygen atoms in total. The fraction of sp³-hybridized carbons (Fsp3) is 0.481. The third kappa shape index (κ3) is 4.45. The van der Waals surface area contributed by atoms with Crippen LogP contribution >= 0.6 is 11.3 Å². The Bertz CT molecular complexity index is 1210. The number of aryl methyl sites for hydroxylation is 2. The number of benzene rings is 1. The first-order valence-electron chi connectivity index (χ1n) is 12.4. The number of rotatable bonds is 6. The Balaban J connectivity index is 1.23. The van der Waals surface area contributed by atoms with Crippen molar-refractivity contribution in [3.63, 3.8) is 0 Å². The lowest BCUT2D eigenvalue weighted by Gasteiger charge is -2.34. The van der Waals surface area contributed by atoms with E-state index in [1.54, 1.807) is 0 Å². The fourth-order valence-corrected chi connectivity index (χ4v) is 6.20. The van der Waals surface area contributed by atoms with Gasteiger partial charge in [-0.05, 0) is 57.1 Å². The van der Waals surface area contributed by atoms with Gasteiger partial charge in [-0.25, -0.2) is 9.97 Å². The number of hydrogen-bond acceptors (Lipinski definition) is 5. The summed E-state index contributed by atoms with van der Waals surface area (Å²) in [5, 5.41) is 4.25. The number of thiophene rings is 1. The number of nitrogens with zero attached hydrogens (tertiary/aromatic N) is 3. The van der Waals surface area contributed by atoms with Crippen LogP contribution in [0.4, 0.5) is 0 Å². The molecule has 1 unspecified atom stereocenters. The number of amides is 2. The minimum Gasteiger partial charge on any atom is -0.348 e. The zero-order valence-electron chi connectivity index (χ0n) is 20.1. The predicted molar refractivity (Wildman–Crippen MR) is 135 cm³/mol. The standard InChI is InChI=1S/C27H32N4O2S/c1-4-21(18-8-6-5-7-9-18)27(33)31-14-12-20(13-15-31)29-25(32)23-16(2)22-17(3)28-24(19-10-11-19)30-26(22)34-23/h5-9,19-21H,4,10-15H2,1-3H3,(H,29,32). The number of carbonyl (C=O) groups excluding carboxylic acids is 2. The van der Waals surface area contributed by atoms with Crippen LogP contribution in [-0.4, -0.2) is 45.8 Å². The van der Waals surface area contributed by atoms with Gasteiger partial charge in [-0.1, -0.05) is 37.3 Å². The van der Waals surface area contributed by atoms with Crippen molar-refractivity contribution >= 4 is 33.4 Å². The van der Waals surface area contributed by atoms with Crippen molar-refractivity contribution in [2.75, 3.05) is 13.1 Å². The van der Waals surface area contributed by atoms with Crippen molar-refractivity contribution in [3.05, 3.63) is 57.9 Å². The maximum atomic E-state index is 13.2. The van der Waals surface area contributed by atoms with Crippen LogP contribution in [0.5, 0.6) is 0 Å². The van der Waals surface area contributed by atoms with Crippen molar-refractivity contribution in [2.45, 2.75) is 70.8 Å². The van der Waals surface area contributed by atoms with E-state index in [4.69, 9.17) is 9.97 Å².